The van der Waals surface area contributed by atoms with Gasteiger partial charge in [0, 0.05) is 37.2 Å². The maximum atomic E-state index is 14.1. The monoisotopic (exact) mass is 625 g/mol. The van der Waals surface area contributed by atoms with E-state index in [0.717, 1.165) is 42.5 Å². The second-order valence-electron chi connectivity index (χ2n) is 10.6. The molecule has 5 rings (SSSR count). The molecule has 3 heterocycles. The van der Waals surface area contributed by atoms with Crippen molar-refractivity contribution >= 4 is 42.3 Å². The Morgan fingerprint density at radius 1 is 1.07 bits per heavy atom. The first-order valence-electron chi connectivity index (χ1n) is 14.5. The number of anilines is 4. The standard InChI is InChI=1S/C31H35F3N7O2P/c1-4-13-44(14-5-2)22-8-6-7-21(15-22)37-30-35-17-25(31(32,33)34)28(39-30)38-26-10-9-23(20-16-36-41(18-20)11-12-42)24-19-40(3)29(43)27(24)26/h6-10,15-18,42H,4-5,11-14,19H2,1-3H3,(H2,35,37,38,39). The molecule has 0 atom stereocenters. The van der Waals surface area contributed by atoms with E-state index in [1.807, 2.05) is 18.2 Å². The van der Waals surface area contributed by atoms with E-state index in [1.54, 1.807) is 36.3 Å². The number of alkyl halides is 3. The Morgan fingerprint density at radius 2 is 1.84 bits per heavy atom. The number of fused-ring (bicyclic) bond motifs is 1. The molecule has 0 bridgehead atoms. The lowest BCUT2D eigenvalue weighted by Crippen LogP contribution is -2.18. The van der Waals surface area contributed by atoms with Crippen LogP contribution in [0.2, 0.25) is 0 Å². The molecule has 0 saturated carbocycles. The molecule has 0 aliphatic carbocycles. The van der Waals surface area contributed by atoms with Crippen LogP contribution in [0.1, 0.15) is 48.2 Å². The van der Waals surface area contributed by atoms with Crippen LogP contribution in [0.5, 0.6) is 0 Å². The van der Waals surface area contributed by atoms with E-state index in [0.29, 0.717) is 17.8 Å². The number of rotatable bonds is 12. The van der Waals surface area contributed by atoms with Crippen molar-refractivity contribution < 1.29 is 23.1 Å². The predicted octanol–water partition coefficient (Wildman–Crippen LogP) is 6.35. The van der Waals surface area contributed by atoms with Crippen LogP contribution in [0.15, 0.2) is 55.0 Å². The Hall–Kier alpha value is -4.02. The van der Waals surface area contributed by atoms with Gasteiger partial charge < -0.3 is 20.6 Å². The number of benzene rings is 2. The van der Waals surface area contributed by atoms with Crippen LogP contribution < -0.4 is 15.9 Å². The minimum Gasteiger partial charge on any atom is -0.394 e. The summed E-state index contributed by atoms with van der Waals surface area (Å²) in [6, 6.07) is 11.2. The smallest absolute Gasteiger partial charge is 0.394 e. The predicted molar refractivity (Wildman–Crippen MR) is 167 cm³/mol. The van der Waals surface area contributed by atoms with Crippen LogP contribution in [0.4, 0.5) is 36.3 Å². The van der Waals surface area contributed by atoms with Gasteiger partial charge in [-0.15, -0.1) is 0 Å². The van der Waals surface area contributed by atoms with Gasteiger partial charge in [-0.25, -0.2) is 4.98 Å². The van der Waals surface area contributed by atoms with Crippen molar-refractivity contribution in [1.82, 2.24) is 24.6 Å². The van der Waals surface area contributed by atoms with Crippen molar-refractivity contribution in [2.75, 3.05) is 36.6 Å². The lowest BCUT2D eigenvalue weighted by Gasteiger charge is -2.18. The van der Waals surface area contributed by atoms with Crippen LogP contribution in [0.3, 0.4) is 0 Å². The van der Waals surface area contributed by atoms with E-state index < -0.39 is 17.6 Å². The average Bonchev–Trinajstić information content (AvgIpc) is 3.57. The Balaban J connectivity index is 1.50. The summed E-state index contributed by atoms with van der Waals surface area (Å²) in [6.45, 7) is 4.85. The van der Waals surface area contributed by atoms with Crippen molar-refractivity contribution in [2.24, 2.45) is 0 Å². The number of nitrogens with zero attached hydrogens (tertiary/aromatic N) is 5. The summed E-state index contributed by atoms with van der Waals surface area (Å²) < 4.78 is 43.9. The van der Waals surface area contributed by atoms with Crippen molar-refractivity contribution in [2.45, 2.75) is 46.0 Å². The molecule has 0 radical (unpaired) electrons. The van der Waals surface area contributed by atoms with E-state index >= 15 is 0 Å². The summed E-state index contributed by atoms with van der Waals surface area (Å²) in [4.78, 5) is 23.0. The topological polar surface area (TPSA) is 108 Å². The fourth-order valence-corrected chi connectivity index (χ4v) is 7.79. The number of amides is 1. The van der Waals surface area contributed by atoms with Crippen LogP contribution in [0.25, 0.3) is 11.1 Å². The van der Waals surface area contributed by atoms with Gasteiger partial charge >= 0.3 is 6.18 Å². The lowest BCUT2D eigenvalue weighted by molar-refractivity contribution is -0.137. The zero-order valence-electron chi connectivity index (χ0n) is 24.8. The van der Waals surface area contributed by atoms with Gasteiger partial charge in [0.15, 0.2) is 0 Å². The number of aromatic nitrogens is 4. The number of carbonyl (C=O) groups excluding carboxylic acids is 1. The summed E-state index contributed by atoms with van der Waals surface area (Å²) in [7, 11) is 1.31. The fourth-order valence-electron chi connectivity index (χ4n) is 5.35. The minimum absolute atomic E-state index is 0.000897. The molecule has 4 aromatic rings. The minimum atomic E-state index is -4.73. The van der Waals surface area contributed by atoms with Gasteiger partial charge in [-0.2, -0.15) is 23.3 Å². The van der Waals surface area contributed by atoms with Crippen molar-refractivity contribution in [3.05, 3.63) is 71.7 Å². The quantitative estimate of drug-likeness (QED) is 0.158. The lowest BCUT2D eigenvalue weighted by atomic mass is 9.97. The van der Waals surface area contributed by atoms with Crippen LogP contribution in [0, 0.1) is 0 Å². The molecule has 1 aliphatic heterocycles. The van der Waals surface area contributed by atoms with Crippen LogP contribution in [-0.2, 0) is 19.3 Å². The molecule has 1 aliphatic rings. The normalized spacial score (nSPS) is 13.1. The largest absolute Gasteiger partial charge is 0.421 e. The second kappa shape index (κ2) is 13.3. The SMILES string of the molecule is CCCP(CCC)c1cccc(Nc2ncc(C(F)(F)F)c(Nc3ccc(-c4cnn(CCO)c4)c4c3C(=O)N(C)C4)n2)c1. The second-order valence-corrected chi connectivity index (χ2v) is 13.1. The highest BCUT2D eigenvalue weighted by Gasteiger charge is 2.37. The van der Waals surface area contributed by atoms with Gasteiger partial charge in [0.25, 0.3) is 5.91 Å². The summed E-state index contributed by atoms with van der Waals surface area (Å²) >= 11 is 0. The molecule has 0 spiro atoms. The molecule has 44 heavy (non-hydrogen) atoms. The van der Waals surface area contributed by atoms with Crippen molar-refractivity contribution in [3.8, 4) is 11.1 Å². The highest BCUT2D eigenvalue weighted by molar-refractivity contribution is 7.65. The van der Waals surface area contributed by atoms with Gasteiger partial charge in [-0.3, -0.25) is 9.48 Å². The molecule has 13 heteroatoms. The molecular weight excluding hydrogens is 590 g/mol. The van der Waals surface area contributed by atoms with Crippen LogP contribution >= 0.6 is 7.92 Å². The van der Waals surface area contributed by atoms with Gasteiger partial charge in [-0.1, -0.05) is 52.8 Å². The van der Waals surface area contributed by atoms with Gasteiger partial charge in [0.05, 0.1) is 30.6 Å². The Kier molecular flexibility index (Phi) is 9.51. The number of aliphatic hydroxyl groups is 1. The molecule has 2 aromatic carbocycles. The summed E-state index contributed by atoms with van der Waals surface area (Å²) in [6.07, 6.45) is 3.79. The number of aliphatic hydroxyl groups excluding tert-OH is 1. The number of hydrogen-bond acceptors (Lipinski definition) is 7. The van der Waals surface area contributed by atoms with E-state index in [4.69, 9.17) is 0 Å². The third-order valence-corrected chi connectivity index (χ3v) is 10.3. The molecule has 0 unspecified atom stereocenters. The first kappa shape index (κ1) is 31.4. The first-order valence-corrected chi connectivity index (χ1v) is 16.2. The summed E-state index contributed by atoms with van der Waals surface area (Å²) in [5.74, 6) is -0.778. The van der Waals surface area contributed by atoms with Gasteiger partial charge in [0.1, 0.15) is 11.4 Å². The van der Waals surface area contributed by atoms with Gasteiger partial charge in [-0.05, 0) is 47.0 Å². The highest BCUT2D eigenvalue weighted by atomic mass is 31.1. The van der Waals surface area contributed by atoms with E-state index in [2.05, 4.69) is 45.6 Å². The number of nitrogens with one attached hydrogen (secondary N) is 2. The highest BCUT2D eigenvalue weighted by Crippen LogP contribution is 2.41. The van der Waals surface area contributed by atoms with Gasteiger partial charge in [0.2, 0.25) is 5.95 Å². The molecular formula is C31H35F3N7O2P. The molecule has 232 valence electrons. The number of carbonyl (C=O) groups is 1. The summed E-state index contributed by atoms with van der Waals surface area (Å²) in [5, 5.41) is 20.6. The molecule has 0 fully saturated rings. The molecule has 0 saturated heterocycles. The first-order chi connectivity index (χ1) is 21.1. The van der Waals surface area contributed by atoms with E-state index in [-0.39, 0.29) is 44.2 Å². The van der Waals surface area contributed by atoms with Crippen LogP contribution in [-0.4, -0.2) is 61.6 Å². The zero-order chi connectivity index (χ0) is 31.4. The molecule has 3 N–H and O–H groups in total. The maximum absolute atomic E-state index is 14.1. The zero-order valence-corrected chi connectivity index (χ0v) is 25.7. The third kappa shape index (κ3) is 6.71. The van der Waals surface area contributed by atoms with E-state index in [1.165, 1.54) is 10.2 Å². The van der Waals surface area contributed by atoms with Crippen molar-refractivity contribution in [1.29, 1.82) is 0 Å². The fraction of sp³-hybridized carbons (Fsp3) is 0.355. The maximum Gasteiger partial charge on any atom is 0.421 e. The van der Waals surface area contributed by atoms with E-state index in [9.17, 15) is 23.1 Å². The summed E-state index contributed by atoms with van der Waals surface area (Å²) in [5.41, 5.74) is 2.26. The third-order valence-electron chi connectivity index (χ3n) is 7.34. The molecule has 1 amide bonds. The molecule has 9 nitrogen and oxygen atoms in total. The Bertz CT molecular complexity index is 1640. The Morgan fingerprint density at radius 3 is 2.55 bits per heavy atom. The molecule has 2 aromatic heterocycles. The van der Waals surface area contributed by atoms with Crippen molar-refractivity contribution in [3.63, 3.8) is 0 Å². The number of hydrogen-bond donors (Lipinski definition) is 3. The number of halogens is 3. The Labute approximate surface area is 255 Å². The average molecular weight is 626 g/mol.